The van der Waals surface area contributed by atoms with Crippen LogP contribution in [0.2, 0.25) is 0 Å². The molecule has 1 saturated carbocycles. The van der Waals surface area contributed by atoms with E-state index >= 15 is 0 Å². The molecule has 0 atom stereocenters. The van der Waals surface area contributed by atoms with Crippen molar-refractivity contribution in [2.45, 2.75) is 39.3 Å². The molecule has 0 bridgehead atoms. The quantitative estimate of drug-likeness (QED) is 0.740. The highest BCUT2D eigenvalue weighted by atomic mass is 16.5. The topological polar surface area (TPSA) is 53.2 Å². The summed E-state index contributed by atoms with van der Waals surface area (Å²) in [6.45, 7) is 3.90. The summed E-state index contributed by atoms with van der Waals surface area (Å²) >= 11 is 0. The van der Waals surface area contributed by atoms with Crippen LogP contribution in [0.4, 0.5) is 0 Å². The van der Waals surface area contributed by atoms with Gasteiger partial charge >= 0.3 is 11.7 Å². The van der Waals surface area contributed by atoms with Gasteiger partial charge in [0.2, 0.25) is 0 Å². The molecule has 0 aliphatic heterocycles. The van der Waals surface area contributed by atoms with Gasteiger partial charge in [-0.1, -0.05) is 0 Å². The highest BCUT2D eigenvalue weighted by molar-refractivity contribution is 5.75. The molecule has 5 heteroatoms. The lowest BCUT2D eigenvalue weighted by Gasteiger charge is -2.21. The van der Waals surface area contributed by atoms with Crippen LogP contribution in [0.1, 0.15) is 32.7 Å². The fraction of sp³-hybridized carbons (Fsp3) is 0.667. The first-order chi connectivity index (χ1) is 7.95. The van der Waals surface area contributed by atoms with Crippen molar-refractivity contribution in [3.05, 3.63) is 22.9 Å². The third kappa shape index (κ3) is 2.28. The molecule has 17 heavy (non-hydrogen) atoms. The molecule has 0 saturated heterocycles. The predicted octanol–water partition coefficient (Wildman–Crippen LogP) is 1.18. The number of carbonyl (C=O) groups excluding carboxylic acids is 1. The van der Waals surface area contributed by atoms with Gasteiger partial charge in [0.1, 0.15) is 0 Å². The highest BCUT2D eigenvalue weighted by Gasteiger charge is 2.31. The Balaban J connectivity index is 2.18. The second-order valence-electron chi connectivity index (χ2n) is 5.22. The van der Waals surface area contributed by atoms with E-state index < -0.39 is 5.41 Å². The largest absolute Gasteiger partial charge is 0.469 e. The standard InChI is InChI=1S/C12H18N2O3/c1-12(2,10(15)17-3)8-13-6-7-14(11(13)16)9-4-5-9/h6-7,9H,4-5,8H2,1-3H3. The lowest BCUT2D eigenvalue weighted by Crippen LogP contribution is -2.35. The SMILES string of the molecule is COC(=O)C(C)(C)Cn1ccn(C2CC2)c1=O. The summed E-state index contributed by atoms with van der Waals surface area (Å²) in [5, 5.41) is 0. The van der Waals surface area contributed by atoms with Crippen LogP contribution in [0, 0.1) is 5.41 Å². The molecule has 2 rings (SSSR count). The zero-order valence-corrected chi connectivity index (χ0v) is 10.5. The zero-order valence-electron chi connectivity index (χ0n) is 10.5. The number of ether oxygens (including phenoxy) is 1. The fourth-order valence-corrected chi connectivity index (χ4v) is 1.95. The van der Waals surface area contributed by atoms with Gasteiger partial charge in [-0.3, -0.25) is 13.9 Å². The molecule has 1 aliphatic rings. The van der Waals surface area contributed by atoms with Gasteiger partial charge in [0, 0.05) is 25.0 Å². The molecule has 0 amide bonds. The Morgan fingerprint density at radius 3 is 2.65 bits per heavy atom. The first-order valence-corrected chi connectivity index (χ1v) is 5.81. The number of esters is 1. The van der Waals surface area contributed by atoms with Gasteiger partial charge < -0.3 is 4.74 Å². The minimum atomic E-state index is -0.686. The van der Waals surface area contributed by atoms with E-state index in [0.29, 0.717) is 12.6 Å². The molecule has 0 spiro atoms. The van der Waals surface area contributed by atoms with Gasteiger partial charge in [-0.15, -0.1) is 0 Å². The van der Waals surface area contributed by atoms with Crippen molar-refractivity contribution >= 4 is 5.97 Å². The van der Waals surface area contributed by atoms with Crippen LogP contribution in [-0.2, 0) is 16.1 Å². The number of hydrogen-bond donors (Lipinski definition) is 0. The molecule has 0 radical (unpaired) electrons. The maximum absolute atomic E-state index is 12.0. The molecule has 0 aromatic carbocycles. The Hall–Kier alpha value is -1.52. The Bertz CT molecular complexity index is 480. The number of methoxy groups -OCH3 is 1. The fourth-order valence-electron chi connectivity index (χ4n) is 1.95. The molecule has 94 valence electrons. The first kappa shape index (κ1) is 12.0. The summed E-state index contributed by atoms with van der Waals surface area (Å²) in [6.07, 6.45) is 5.69. The predicted molar refractivity (Wildman–Crippen MR) is 62.8 cm³/mol. The van der Waals surface area contributed by atoms with Crippen LogP contribution < -0.4 is 5.69 Å². The Morgan fingerprint density at radius 2 is 2.12 bits per heavy atom. The van der Waals surface area contributed by atoms with Gasteiger partial charge in [-0.25, -0.2) is 4.79 Å². The van der Waals surface area contributed by atoms with Crippen LogP contribution in [-0.4, -0.2) is 22.2 Å². The molecule has 1 fully saturated rings. The van der Waals surface area contributed by atoms with Gasteiger partial charge in [0.05, 0.1) is 12.5 Å². The van der Waals surface area contributed by atoms with Crippen molar-refractivity contribution in [3.8, 4) is 0 Å². The maximum Gasteiger partial charge on any atom is 0.328 e. The Labute approximate surface area is 100.0 Å². The highest BCUT2D eigenvalue weighted by Crippen LogP contribution is 2.33. The van der Waals surface area contributed by atoms with Crippen LogP contribution in [0.25, 0.3) is 0 Å². The van der Waals surface area contributed by atoms with E-state index in [1.807, 2.05) is 0 Å². The zero-order chi connectivity index (χ0) is 12.6. The lowest BCUT2D eigenvalue weighted by molar-refractivity contribution is -0.151. The van der Waals surface area contributed by atoms with Crippen LogP contribution >= 0.6 is 0 Å². The lowest BCUT2D eigenvalue weighted by atomic mass is 9.94. The smallest absolute Gasteiger partial charge is 0.328 e. The molecule has 1 aliphatic carbocycles. The van der Waals surface area contributed by atoms with Crippen molar-refractivity contribution in [1.29, 1.82) is 0 Å². The average molecular weight is 238 g/mol. The molecule has 1 aromatic rings. The Morgan fingerprint density at radius 1 is 1.47 bits per heavy atom. The molecule has 0 unspecified atom stereocenters. The van der Waals surface area contributed by atoms with Crippen LogP contribution in [0.5, 0.6) is 0 Å². The number of imidazole rings is 1. The van der Waals surface area contributed by atoms with Gasteiger partial charge in [0.25, 0.3) is 0 Å². The van der Waals surface area contributed by atoms with E-state index in [2.05, 4.69) is 0 Å². The number of nitrogens with zero attached hydrogens (tertiary/aromatic N) is 2. The summed E-state index contributed by atoms with van der Waals surface area (Å²) in [6, 6.07) is 0.366. The first-order valence-electron chi connectivity index (χ1n) is 5.81. The van der Waals surface area contributed by atoms with Crippen molar-refractivity contribution in [3.63, 3.8) is 0 Å². The summed E-state index contributed by atoms with van der Waals surface area (Å²) in [5.41, 5.74) is -0.724. The summed E-state index contributed by atoms with van der Waals surface area (Å²) in [5.74, 6) is -0.302. The molecule has 0 N–H and O–H groups in total. The third-order valence-electron chi connectivity index (χ3n) is 3.12. The van der Waals surface area contributed by atoms with Crippen molar-refractivity contribution in [1.82, 2.24) is 9.13 Å². The van der Waals surface area contributed by atoms with Crippen molar-refractivity contribution < 1.29 is 9.53 Å². The molecular formula is C12H18N2O3. The second-order valence-corrected chi connectivity index (χ2v) is 5.22. The summed E-state index contributed by atoms with van der Waals surface area (Å²) < 4.78 is 8.05. The van der Waals surface area contributed by atoms with Crippen LogP contribution in [0.3, 0.4) is 0 Å². The second kappa shape index (κ2) is 4.05. The number of aromatic nitrogens is 2. The van der Waals surface area contributed by atoms with Gasteiger partial charge in [0.15, 0.2) is 0 Å². The van der Waals surface area contributed by atoms with E-state index in [-0.39, 0.29) is 11.7 Å². The number of hydrogen-bond acceptors (Lipinski definition) is 3. The van der Waals surface area contributed by atoms with Gasteiger partial charge in [-0.05, 0) is 26.7 Å². The normalized spacial score (nSPS) is 15.9. The van der Waals surface area contributed by atoms with E-state index in [1.165, 1.54) is 7.11 Å². The monoisotopic (exact) mass is 238 g/mol. The third-order valence-corrected chi connectivity index (χ3v) is 3.12. The Kier molecular flexibility index (Phi) is 2.85. The molecular weight excluding hydrogens is 220 g/mol. The average Bonchev–Trinajstić information content (AvgIpc) is 3.05. The van der Waals surface area contributed by atoms with E-state index in [1.54, 1.807) is 35.4 Å². The van der Waals surface area contributed by atoms with Gasteiger partial charge in [-0.2, -0.15) is 0 Å². The number of rotatable bonds is 4. The minimum absolute atomic E-state index is 0.0375. The van der Waals surface area contributed by atoms with E-state index in [4.69, 9.17) is 4.74 Å². The summed E-state index contributed by atoms with van der Waals surface area (Å²) in [4.78, 5) is 23.6. The molecule has 1 aromatic heterocycles. The van der Waals surface area contributed by atoms with E-state index in [0.717, 1.165) is 12.8 Å². The molecule has 1 heterocycles. The minimum Gasteiger partial charge on any atom is -0.469 e. The van der Waals surface area contributed by atoms with Crippen molar-refractivity contribution in [2.24, 2.45) is 5.41 Å². The summed E-state index contributed by atoms with van der Waals surface area (Å²) in [7, 11) is 1.36. The van der Waals surface area contributed by atoms with Crippen LogP contribution in [0.15, 0.2) is 17.2 Å². The van der Waals surface area contributed by atoms with Crippen molar-refractivity contribution in [2.75, 3.05) is 7.11 Å². The van der Waals surface area contributed by atoms with E-state index in [9.17, 15) is 9.59 Å². The molecule has 5 nitrogen and oxygen atoms in total. The maximum atomic E-state index is 12.0. The number of carbonyl (C=O) groups is 1.